The zero-order valence-electron chi connectivity index (χ0n) is 18.5. The van der Waals surface area contributed by atoms with E-state index in [0.29, 0.717) is 24.2 Å². The number of halogens is 1. The number of likely N-dealkylation sites (N-methyl/N-ethyl adjacent to an activating group) is 1. The second kappa shape index (κ2) is 9.79. The summed E-state index contributed by atoms with van der Waals surface area (Å²) in [6, 6.07) is 13.6. The molecule has 1 aromatic heterocycles. The van der Waals surface area contributed by atoms with Crippen LogP contribution in [0.3, 0.4) is 0 Å². The van der Waals surface area contributed by atoms with E-state index in [1.165, 1.54) is 4.90 Å². The molecule has 0 aliphatic carbocycles. The molecule has 0 radical (unpaired) electrons. The number of hydrogen-bond acceptors (Lipinski definition) is 4. The Kier molecular flexibility index (Phi) is 7.08. The van der Waals surface area contributed by atoms with Crippen molar-refractivity contribution < 1.29 is 9.90 Å². The number of rotatable bonds is 6. The lowest BCUT2D eigenvalue weighted by Gasteiger charge is -2.33. The lowest BCUT2D eigenvalue weighted by molar-refractivity contribution is 0.167. The molecular formula is C24H27ClN6O2. The number of allylic oxidation sites excluding steroid dienone is 2. The first-order valence-electron chi connectivity index (χ1n) is 10.4. The van der Waals surface area contributed by atoms with Crippen LogP contribution in [0.4, 0.5) is 10.5 Å². The molecule has 5 N–H and O–H groups in total. The van der Waals surface area contributed by atoms with Crippen LogP contribution in [-0.2, 0) is 6.42 Å². The zero-order chi connectivity index (χ0) is 22.8. The minimum Gasteiger partial charge on any atom is -0.465 e. The SMILES string of the molecule is Cc1nc2ccc(N3CC=CC(N(C)C(=O)O)=C3CCc3ccc(C(=N)N)cc3)cc2[nH]1.Cl. The standard InChI is InChI=1S/C24H26N6O2.ClH/c1-15-27-19-11-10-18(14-20(19)28-15)30-13-3-4-21(29(2)24(31)32)22(30)12-7-16-5-8-17(9-6-16)23(25)26;/h3-6,8-11,14H,7,12-13H2,1-2H3,(H3,25,26)(H,27,28)(H,31,32);1H. The van der Waals surface area contributed by atoms with Gasteiger partial charge in [0, 0.05) is 30.5 Å². The van der Waals surface area contributed by atoms with E-state index in [1.54, 1.807) is 7.05 Å². The highest BCUT2D eigenvalue weighted by atomic mass is 35.5. The second-order valence-corrected chi connectivity index (χ2v) is 7.82. The number of imidazole rings is 1. The first-order valence-corrected chi connectivity index (χ1v) is 10.4. The molecule has 0 saturated carbocycles. The van der Waals surface area contributed by atoms with Crippen LogP contribution in [0.1, 0.15) is 23.4 Å². The van der Waals surface area contributed by atoms with Gasteiger partial charge in [0.05, 0.1) is 16.7 Å². The molecule has 0 spiro atoms. The van der Waals surface area contributed by atoms with Gasteiger partial charge in [0.1, 0.15) is 11.7 Å². The van der Waals surface area contributed by atoms with Crippen molar-refractivity contribution in [1.29, 1.82) is 5.41 Å². The third-order valence-corrected chi connectivity index (χ3v) is 5.64. The van der Waals surface area contributed by atoms with Crippen LogP contribution in [0, 0.1) is 12.3 Å². The molecule has 1 aliphatic rings. The number of carbonyl (C=O) groups is 1. The Labute approximate surface area is 198 Å². The normalized spacial score (nSPS) is 13.2. The fraction of sp³-hybridized carbons (Fsp3) is 0.208. The summed E-state index contributed by atoms with van der Waals surface area (Å²) < 4.78 is 0. The fourth-order valence-electron chi connectivity index (χ4n) is 3.95. The first kappa shape index (κ1) is 23.9. The van der Waals surface area contributed by atoms with Crippen molar-refractivity contribution in [2.24, 2.45) is 5.73 Å². The van der Waals surface area contributed by atoms with Crippen molar-refractivity contribution >= 4 is 41.1 Å². The number of aryl methyl sites for hydroxylation is 2. The molecule has 33 heavy (non-hydrogen) atoms. The summed E-state index contributed by atoms with van der Waals surface area (Å²) in [6.07, 6.45) is 4.21. The molecule has 0 atom stereocenters. The highest BCUT2D eigenvalue weighted by Gasteiger charge is 2.23. The van der Waals surface area contributed by atoms with Crippen molar-refractivity contribution in [3.63, 3.8) is 0 Å². The number of anilines is 1. The van der Waals surface area contributed by atoms with Crippen LogP contribution in [0.25, 0.3) is 11.0 Å². The van der Waals surface area contributed by atoms with Gasteiger partial charge >= 0.3 is 6.09 Å². The minimum atomic E-state index is -1.01. The van der Waals surface area contributed by atoms with Crippen molar-refractivity contribution in [1.82, 2.24) is 14.9 Å². The van der Waals surface area contributed by atoms with E-state index in [2.05, 4.69) is 20.9 Å². The quantitative estimate of drug-likeness (QED) is 0.316. The molecule has 0 saturated heterocycles. The highest BCUT2D eigenvalue weighted by Crippen LogP contribution is 2.31. The molecule has 1 aliphatic heterocycles. The molecule has 172 valence electrons. The van der Waals surface area contributed by atoms with E-state index in [4.69, 9.17) is 11.1 Å². The Bertz CT molecular complexity index is 1250. The lowest BCUT2D eigenvalue weighted by atomic mass is 10.0. The van der Waals surface area contributed by atoms with E-state index >= 15 is 0 Å². The highest BCUT2D eigenvalue weighted by molar-refractivity contribution is 5.94. The first-order chi connectivity index (χ1) is 15.3. The van der Waals surface area contributed by atoms with Gasteiger partial charge < -0.3 is 20.7 Å². The van der Waals surface area contributed by atoms with E-state index in [9.17, 15) is 9.90 Å². The number of nitrogen functional groups attached to an aromatic ring is 1. The third kappa shape index (κ3) is 5.01. The average Bonchev–Trinajstić information content (AvgIpc) is 3.16. The molecule has 1 amide bonds. The summed E-state index contributed by atoms with van der Waals surface area (Å²) >= 11 is 0. The second-order valence-electron chi connectivity index (χ2n) is 7.82. The predicted molar refractivity (Wildman–Crippen MR) is 133 cm³/mol. The Balaban J connectivity index is 0.00000306. The van der Waals surface area contributed by atoms with Crippen molar-refractivity contribution in [2.75, 3.05) is 18.5 Å². The molecule has 3 aromatic rings. The molecule has 2 heterocycles. The van der Waals surface area contributed by atoms with Crippen LogP contribution in [0.5, 0.6) is 0 Å². The molecule has 0 fully saturated rings. The van der Waals surface area contributed by atoms with Gasteiger partial charge in [-0.25, -0.2) is 9.78 Å². The van der Waals surface area contributed by atoms with Crippen LogP contribution in [-0.4, -0.2) is 45.5 Å². The van der Waals surface area contributed by atoms with Crippen molar-refractivity contribution in [2.45, 2.75) is 19.8 Å². The van der Waals surface area contributed by atoms with Crippen molar-refractivity contribution in [3.8, 4) is 0 Å². The van der Waals surface area contributed by atoms with E-state index in [-0.39, 0.29) is 18.2 Å². The lowest BCUT2D eigenvalue weighted by Crippen LogP contribution is -2.33. The predicted octanol–water partition coefficient (Wildman–Crippen LogP) is 4.41. The van der Waals surface area contributed by atoms with Gasteiger partial charge in [0.15, 0.2) is 0 Å². The molecule has 9 heteroatoms. The van der Waals surface area contributed by atoms with Gasteiger partial charge in [-0.1, -0.05) is 30.3 Å². The van der Waals surface area contributed by atoms with E-state index < -0.39 is 6.09 Å². The number of nitrogens with zero attached hydrogens (tertiary/aromatic N) is 3. The Hall–Kier alpha value is -3.78. The summed E-state index contributed by atoms with van der Waals surface area (Å²) in [7, 11) is 1.56. The summed E-state index contributed by atoms with van der Waals surface area (Å²) in [6.45, 7) is 2.57. The number of carboxylic acid groups (broad SMARTS) is 1. The summed E-state index contributed by atoms with van der Waals surface area (Å²) in [5.41, 5.74) is 11.7. The number of fused-ring (bicyclic) bond motifs is 1. The molecule has 8 nitrogen and oxygen atoms in total. The average molecular weight is 467 g/mol. The number of hydrogen-bond donors (Lipinski definition) is 4. The number of benzene rings is 2. The van der Waals surface area contributed by atoms with Crippen molar-refractivity contribution in [3.05, 3.63) is 83.0 Å². The molecule has 0 bridgehead atoms. The van der Waals surface area contributed by atoms with Gasteiger partial charge in [-0.3, -0.25) is 10.3 Å². The van der Waals surface area contributed by atoms with E-state index in [0.717, 1.165) is 40.2 Å². The fourth-order valence-corrected chi connectivity index (χ4v) is 3.95. The number of nitrogens with one attached hydrogen (secondary N) is 2. The monoisotopic (exact) mass is 466 g/mol. The maximum Gasteiger partial charge on any atom is 0.411 e. The maximum absolute atomic E-state index is 11.7. The molecule has 2 aromatic carbocycles. The van der Waals surface area contributed by atoms with Crippen LogP contribution < -0.4 is 10.6 Å². The van der Waals surface area contributed by atoms with Gasteiger partial charge in [0.25, 0.3) is 0 Å². The Morgan fingerprint density at radius 2 is 1.97 bits per heavy atom. The number of H-pyrrole nitrogens is 1. The largest absolute Gasteiger partial charge is 0.465 e. The van der Waals surface area contributed by atoms with Gasteiger partial charge in [0.2, 0.25) is 0 Å². The third-order valence-electron chi connectivity index (χ3n) is 5.64. The number of nitrogens with two attached hydrogens (primary N) is 1. The topological polar surface area (TPSA) is 122 Å². The van der Waals surface area contributed by atoms with Crippen LogP contribution in [0.15, 0.2) is 66.0 Å². The minimum absolute atomic E-state index is 0. The Morgan fingerprint density at radius 3 is 2.64 bits per heavy atom. The maximum atomic E-state index is 11.7. The van der Waals surface area contributed by atoms with Crippen LogP contribution >= 0.6 is 12.4 Å². The molecular weight excluding hydrogens is 440 g/mol. The van der Waals surface area contributed by atoms with E-state index in [1.807, 2.05) is 55.5 Å². The van der Waals surface area contributed by atoms with Gasteiger partial charge in [-0.05, 0) is 49.6 Å². The Morgan fingerprint density at radius 1 is 1.24 bits per heavy atom. The summed E-state index contributed by atoms with van der Waals surface area (Å²) in [4.78, 5) is 22.9. The molecule has 0 unspecified atom stereocenters. The van der Waals surface area contributed by atoms with Crippen LogP contribution in [0.2, 0.25) is 0 Å². The number of amides is 1. The van der Waals surface area contributed by atoms with Gasteiger partial charge in [-0.15, -0.1) is 12.4 Å². The smallest absolute Gasteiger partial charge is 0.411 e. The zero-order valence-corrected chi connectivity index (χ0v) is 19.3. The summed E-state index contributed by atoms with van der Waals surface area (Å²) in [5, 5.41) is 17.2. The number of aromatic amines is 1. The summed E-state index contributed by atoms with van der Waals surface area (Å²) in [5.74, 6) is 0.893. The van der Waals surface area contributed by atoms with Gasteiger partial charge in [-0.2, -0.15) is 0 Å². The molecule has 4 rings (SSSR count). The number of aromatic nitrogens is 2. The number of amidine groups is 1.